The fourth-order valence-corrected chi connectivity index (χ4v) is 1.52. The number of fused-ring (bicyclic) bond motifs is 1. The Balaban J connectivity index is 2.16. The first-order valence-electron chi connectivity index (χ1n) is 4.26. The maximum atomic E-state index is 11.5. The van der Waals surface area contributed by atoms with Crippen LogP contribution in [0.1, 0.15) is 0 Å². The van der Waals surface area contributed by atoms with E-state index in [0.29, 0.717) is 6.54 Å². The maximum Gasteiger partial charge on any atom is 0.323 e. The molecule has 68 valence electrons. The van der Waals surface area contributed by atoms with E-state index in [1.807, 2.05) is 18.4 Å². The molecule has 13 heavy (non-hydrogen) atoms. The van der Waals surface area contributed by atoms with Crippen molar-refractivity contribution >= 4 is 6.03 Å². The average molecular weight is 176 g/mol. The molecule has 0 fully saturated rings. The second kappa shape index (κ2) is 2.76. The monoisotopic (exact) mass is 176 g/mol. The van der Waals surface area contributed by atoms with Crippen LogP contribution in [0.5, 0.6) is 0 Å². The van der Waals surface area contributed by atoms with Crippen molar-refractivity contribution in [2.45, 2.75) is 0 Å². The van der Waals surface area contributed by atoms with Gasteiger partial charge in [-0.15, -0.1) is 0 Å². The van der Waals surface area contributed by atoms with Gasteiger partial charge in [-0.1, -0.05) is 18.2 Å². The maximum absolute atomic E-state index is 11.5. The van der Waals surface area contributed by atoms with Gasteiger partial charge in [0.05, 0.1) is 6.54 Å². The third-order valence-corrected chi connectivity index (χ3v) is 2.21. The summed E-state index contributed by atoms with van der Waals surface area (Å²) < 4.78 is 0. The summed E-state index contributed by atoms with van der Waals surface area (Å²) in [6.07, 6.45) is 7.99. The number of amides is 2. The van der Waals surface area contributed by atoms with E-state index in [2.05, 4.69) is 6.08 Å². The molecular weight excluding hydrogens is 164 g/mol. The van der Waals surface area contributed by atoms with Crippen molar-refractivity contribution in [1.29, 1.82) is 0 Å². The minimum Gasteiger partial charge on any atom is -0.330 e. The summed E-state index contributed by atoms with van der Waals surface area (Å²) in [6, 6.07) is 0.0381. The topological polar surface area (TPSA) is 23.6 Å². The summed E-state index contributed by atoms with van der Waals surface area (Å²) in [5.41, 5.74) is 2.39. The number of hydrogen-bond donors (Lipinski definition) is 0. The van der Waals surface area contributed by atoms with E-state index in [-0.39, 0.29) is 6.03 Å². The Morgan fingerprint density at radius 1 is 1.54 bits per heavy atom. The first-order chi connectivity index (χ1) is 6.18. The molecule has 0 aromatic rings. The smallest absolute Gasteiger partial charge is 0.323 e. The summed E-state index contributed by atoms with van der Waals surface area (Å²) in [5, 5.41) is 0. The van der Waals surface area contributed by atoms with Gasteiger partial charge in [0.1, 0.15) is 0 Å². The van der Waals surface area contributed by atoms with Gasteiger partial charge in [-0.3, -0.25) is 4.90 Å². The molecule has 0 unspecified atom stereocenters. The van der Waals surface area contributed by atoms with Crippen LogP contribution in [0.25, 0.3) is 0 Å². The molecule has 1 aliphatic heterocycles. The molecule has 0 spiro atoms. The zero-order valence-electron chi connectivity index (χ0n) is 7.82. The Bertz CT molecular complexity index is 337. The highest BCUT2D eigenvalue weighted by molar-refractivity contribution is 5.77. The molecule has 1 aliphatic carbocycles. The summed E-state index contributed by atoms with van der Waals surface area (Å²) >= 11 is 0. The molecule has 1 heterocycles. The van der Waals surface area contributed by atoms with Crippen molar-refractivity contribution in [3.05, 3.63) is 35.6 Å². The Kier molecular flexibility index (Phi) is 1.72. The highest BCUT2D eigenvalue weighted by Crippen LogP contribution is 2.26. The van der Waals surface area contributed by atoms with Crippen LogP contribution < -0.4 is 0 Å². The minimum absolute atomic E-state index is 0.0381. The van der Waals surface area contributed by atoms with Gasteiger partial charge in [0.15, 0.2) is 0 Å². The lowest BCUT2D eigenvalue weighted by Crippen LogP contribution is -2.34. The van der Waals surface area contributed by atoms with E-state index in [0.717, 1.165) is 5.57 Å². The van der Waals surface area contributed by atoms with Crippen molar-refractivity contribution in [2.75, 3.05) is 20.6 Å². The summed E-state index contributed by atoms with van der Waals surface area (Å²) in [4.78, 5) is 14.8. The Morgan fingerprint density at radius 2 is 2.31 bits per heavy atom. The van der Waals surface area contributed by atoms with Crippen molar-refractivity contribution in [3.8, 4) is 0 Å². The molecule has 3 nitrogen and oxygen atoms in total. The second-order valence-corrected chi connectivity index (χ2v) is 3.44. The van der Waals surface area contributed by atoms with Crippen LogP contribution in [0.15, 0.2) is 35.6 Å². The highest BCUT2D eigenvalue weighted by Gasteiger charge is 2.23. The van der Waals surface area contributed by atoms with Gasteiger partial charge in [-0.05, 0) is 11.1 Å². The van der Waals surface area contributed by atoms with Crippen LogP contribution in [0.4, 0.5) is 4.79 Å². The van der Waals surface area contributed by atoms with Crippen LogP contribution in [0.3, 0.4) is 0 Å². The predicted octanol–water partition coefficient (Wildman–Crippen LogP) is 1.36. The summed E-state index contributed by atoms with van der Waals surface area (Å²) in [5.74, 6) is 0. The van der Waals surface area contributed by atoms with Gasteiger partial charge in [-0.25, -0.2) is 4.79 Å². The summed E-state index contributed by atoms with van der Waals surface area (Å²) in [6.45, 7) is 0.708. The zero-order chi connectivity index (χ0) is 9.42. The number of allylic oxidation sites excluding steroid dienone is 3. The lowest BCUT2D eigenvalue weighted by molar-refractivity contribution is 0.193. The van der Waals surface area contributed by atoms with E-state index >= 15 is 0 Å². The SMILES string of the molecule is CN(C)C(=O)N1C=C2C=CC=C2C1. The lowest BCUT2D eigenvalue weighted by atomic mass is 10.2. The summed E-state index contributed by atoms with van der Waals surface area (Å²) in [7, 11) is 3.53. The van der Waals surface area contributed by atoms with E-state index in [1.54, 1.807) is 23.9 Å². The molecule has 0 saturated carbocycles. The highest BCUT2D eigenvalue weighted by atomic mass is 16.2. The fourth-order valence-electron chi connectivity index (χ4n) is 1.52. The predicted molar refractivity (Wildman–Crippen MR) is 51.1 cm³/mol. The van der Waals surface area contributed by atoms with Crippen LogP contribution in [-0.2, 0) is 0 Å². The number of nitrogens with zero attached hydrogens (tertiary/aromatic N) is 2. The molecule has 2 rings (SSSR count). The Hall–Kier alpha value is -1.51. The number of hydrogen-bond acceptors (Lipinski definition) is 1. The standard InChI is InChI=1S/C10H12N2O/c1-11(2)10(13)12-6-8-4-3-5-9(8)7-12/h3-6H,7H2,1-2H3. The molecule has 0 N–H and O–H groups in total. The van der Waals surface area contributed by atoms with Crippen LogP contribution >= 0.6 is 0 Å². The molecular formula is C10H12N2O. The van der Waals surface area contributed by atoms with E-state index in [4.69, 9.17) is 0 Å². The van der Waals surface area contributed by atoms with Gasteiger partial charge in [0.2, 0.25) is 0 Å². The zero-order valence-corrected chi connectivity index (χ0v) is 7.82. The first-order valence-corrected chi connectivity index (χ1v) is 4.26. The third-order valence-electron chi connectivity index (χ3n) is 2.21. The fraction of sp³-hybridized carbons (Fsp3) is 0.300. The van der Waals surface area contributed by atoms with Crippen molar-refractivity contribution in [2.24, 2.45) is 0 Å². The molecule has 0 radical (unpaired) electrons. The quantitative estimate of drug-likeness (QED) is 0.546. The number of rotatable bonds is 0. The molecule has 2 aliphatic rings. The van der Waals surface area contributed by atoms with Crippen molar-refractivity contribution in [1.82, 2.24) is 9.80 Å². The van der Waals surface area contributed by atoms with Crippen molar-refractivity contribution < 1.29 is 4.79 Å². The van der Waals surface area contributed by atoms with E-state index < -0.39 is 0 Å². The molecule has 0 bridgehead atoms. The first kappa shape index (κ1) is 8.10. The van der Waals surface area contributed by atoms with Gasteiger partial charge in [0.25, 0.3) is 0 Å². The van der Waals surface area contributed by atoms with E-state index in [1.165, 1.54) is 5.57 Å². The molecule has 0 aromatic heterocycles. The lowest BCUT2D eigenvalue weighted by Gasteiger charge is -2.18. The molecule has 2 amide bonds. The van der Waals surface area contributed by atoms with Crippen LogP contribution in [-0.4, -0.2) is 36.5 Å². The minimum atomic E-state index is 0.0381. The van der Waals surface area contributed by atoms with Crippen molar-refractivity contribution in [3.63, 3.8) is 0 Å². The number of carbonyl (C=O) groups excluding carboxylic acids is 1. The van der Waals surface area contributed by atoms with Crippen LogP contribution in [0.2, 0.25) is 0 Å². The molecule has 0 atom stereocenters. The van der Waals surface area contributed by atoms with E-state index in [9.17, 15) is 4.79 Å². The molecule has 0 aromatic carbocycles. The average Bonchev–Trinajstić information content (AvgIpc) is 2.59. The van der Waals surface area contributed by atoms with Gasteiger partial charge in [0, 0.05) is 20.3 Å². The number of urea groups is 1. The third kappa shape index (κ3) is 1.26. The Labute approximate surface area is 77.6 Å². The van der Waals surface area contributed by atoms with Gasteiger partial charge >= 0.3 is 6.03 Å². The van der Waals surface area contributed by atoms with Gasteiger partial charge < -0.3 is 4.90 Å². The number of carbonyl (C=O) groups is 1. The largest absolute Gasteiger partial charge is 0.330 e. The van der Waals surface area contributed by atoms with Crippen LogP contribution in [0, 0.1) is 0 Å². The molecule has 0 saturated heterocycles. The second-order valence-electron chi connectivity index (χ2n) is 3.44. The Morgan fingerprint density at radius 3 is 2.92 bits per heavy atom. The normalized spacial score (nSPS) is 18.5. The molecule has 3 heteroatoms. The van der Waals surface area contributed by atoms with Gasteiger partial charge in [-0.2, -0.15) is 0 Å².